The Morgan fingerprint density at radius 1 is 1.11 bits per heavy atom. The number of benzene rings is 2. The molecule has 142 valence electrons. The zero-order chi connectivity index (χ0) is 20.4. The Bertz CT molecular complexity index is 1040. The summed E-state index contributed by atoms with van der Waals surface area (Å²) in [5, 5.41) is 16.4. The second-order valence-corrected chi connectivity index (χ2v) is 7.65. The fraction of sp³-hybridized carbons (Fsp3) is 0.118. The van der Waals surface area contributed by atoms with Crippen LogP contribution in [0.25, 0.3) is 0 Å². The molecule has 0 spiro atoms. The molecule has 3 rings (SSSR count). The molecule has 11 heteroatoms. The maximum absolute atomic E-state index is 12.3. The minimum Gasteiger partial charge on any atom is -0.505 e. The molecule has 2 aromatic carbocycles. The van der Waals surface area contributed by atoms with Gasteiger partial charge in [-0.05, 0) is 34.1 Å². The Morgan fingerprint density at radius 2 is 1.71 bits per heavy atom. The molecule has 8 nitrogen and oxygen atoms in total. The molecule has 2 radical (unpaired) electrons. The van der Waals surface area contributed by atoms with Gasteiger partial charge in [-0.2, -0.15) is 0 Å². The molecule has 1 aliphatic rings. The molecule has 1 heterocycles. The molecule has 0 aromatic heterocycles. The summed E-state index contributed by atoms with van der Waals surface area (Å²) in [7, 11) is 8.96. The van der Waals surface area contributed by atoms with Gasteiger partial charge in [0.2, 0.25) is 0 Å². The van der Waals surface area contributed by atoms with E-state index in [-0.39, 0.29) is 34.1 Å². The van der Waals surface area contributed by atoms with Gasteiger partial charge in [0, 0.05) is 18.6 Å². The molecule has 0 bridgehead atoms. The van der Waals surface area contributed by atoms with Crippen LogP contribution in [0.1, 0.15) is 10.4 Å². The molecule has 1 amide bonds. The summed E-state index contributed by atoms with van der Waals surface area (Å²) in [6, 6.07) is 10.3. The number of para-hydroxylation sites is 1. The first-order valence-electron chi connectivity index (χ1n) is 7.99. The average Bonchev–Trinajstić information content (AvgIpc) is 2.98. The van der Waals surface area contributed by atoms with Crippen molar-refractivity contribution in [3.63, 3.8) is 0 Å². The molecule has 0 saturated heterocycles. The van der Waals surface area contributed by atoms with E-state index in [0.29, 0.717) is 5.69 Å². The number of amides is 1. The first kappa shape index (κ1) is 20.1. The predicted octanol–water partition coefficient (Wildman–Crippen LogP) is 1.56. The summed E-state index contributed by atoms with van der Waals surface area (Å²) in [5.74, 6) is -0.408. The second kappa shape index (κ2) is 8.15. The minimum absolute atomic E-state index is 0.0352. The number of halogens is 1. The lowest BCUT2D eigenvalue weighted by atomic mass is 9.88. The number of carbonyl (C=O) groups excluding carboxylic acids is 1. The van der Waals surface area contributed by atoms with Gasteiger partial charge in [0.25, 0.3) is 17.1 Å². The van der Waals surface area contributed by atoms with Gasteiger partial charge >= 0.3 is 0 Å². The first-order valence-corrected chi connectivity index (χ1v) is 9.85. The molecule has 0 fully saturated rings. The van der Waals surface area contributed by atoms with Crippen molar-refractivity contribution in [2.75, 3.05) is 24.7 Å². The third-order valence-electron chi connectivity index (χ3n) is 3.77. The van der Waals surface area contributed by atoms with E-state index in [1.54, 1.807) is 20.2 Å². The van der Waals surface area contributed by atoms with E-state index in [1.165, 1.54) is 17.0 Å². The highest BCUT2D eigenvalue weighted by molar-refractivity contribution is 9.10. The summed E-state index contributed by atoms with van der Waals surface area (Å²) < 4.78 is 20.5. The van der Waals surface area contributed by atoms with E-state index >= 15 is 0 Å². The topological polar surface area (TPSA) is 106 Å². The van der Waals surface area contributed by atoms with Crippen molar-refractivity contribution >= 4 is 69.4 Å². The lowest BCUT2D eigenvalue weighted by molar-refractivity contribution is 0.0826. The summed E-state index contributed by atoms with van der Waals surface area (Å²) >= 11 is 1.60. The highest BCUT2D eigenvalue weighted by Gasteiger charge is 2.24. The predicted molar refractivity (Wildman–Crippen MR) is 116 cm³/mol. The summed E-state index contributed by atoms with van der Waals surface area (Å²) in [4.78, 5) is 13.6. The van der Waals surface area contributed by atoms with Gasteiger partial charge in [0.1, 0.15) is 7.85 Å². The van der Waals surface area contributed by atoms with Crippen LogP contribution in [0.5, 0.6) is 5.75 Å². The second-order valence-electron chi connectivity index (χ2n) is 5.97. The smallest absolute Gasteiger partial charge is 0.269 e. The Kier molecular flexibility index (Phi) is 5.85. The van der Waals surface area contributed by atoms with Crippen LogP contribution in [0, 0.1) is 0 Å². The van der Waals surface area contributed by atoms with Crippen molar-refractivity contribution in [1.82, 2.24) is 4.90 Å². The van der Waals surface area contributed by atoms with Crippen LogP contribution in [-0.4, -0.2) is 53.7 Å². The van der Waals surface area contributed by atoms with Crippen LogP contribution in [0.15, 0.2) is 49.7 Å². The minimum atomic E-state index is -1.82. The van der Waals surface area contributed by atoms with Crippen LogP contribution in [0.3, 0.4) is 0 Å². The molecule has 28 heavy (non-hydrogen) atoms. The number of carbonyl (C=O) groups is 1. The number of anilines is 2. The third-order valence-corrected chi connectivity index (χ3v) is 5.14. The molecule has 2 aromatic rings. The van der Waals surface area contributed by atoms with Crippen LogP contribution < -0.4 is 16.1 Å². The summed E-state index contributed by atoms with van der Waals surface area (Å²) in [6.07, 6.45) is 0. The van der Waals surface area contributed by atoms with Crippen molar-refractivity contribution in [3.05, 3.63) is 46.4 Å². The van der Waals surface area contributed by atoms with E-state index < -0.39 is 17.1 Å². The number of rotatable bonds is 3. The number of phenols is 1. The SMILES string of the molecule is [B]c1ccc(NC2=NS(=O)N=C2Nc2ccccc2Br)c(O)c1C(=O)N(C)C. The number of hydrogen-bond acceptors (Lipinski definition) is 5. The van der Waals surface area contributed by atoms with Crippen LogP contribution >= 0.6 is 15.9 Å². The number of nitrogens with zero attached hydrogens (tertiary/aromatic N) is 3. The van der Waals surface area contributed by atoms with Crippen molar-refractivity contribution in [2.24, 2.45) is 8.80 Å². The van der Waals surface area contributed by atoms with Crippen molar-refractivity contribution in [1.29, 1.82) is 0 Å². The standard InChI is InChI=1S/C17H15BBrN5O3S/c1-24(2)17(26)13-9(18)7-8-12(14(13)25)21-16-15(22-28(27)23-16)20-11-6-4-3-5-10(11)19/h3-8,25H,1-2H3,(H,20,22)(H,21,23). The van der Waals surface area contributed by atoms with Crippen molar-refractivity contribution in [2.45, 2.75) is 0 Å². The highest BCUT2D eigenvalue weighted by Crippen LogP contribution is 2.28. The van der Waals surface area contributed by atoms with Crippen molar-refractivity contribution in [3.8, 4) is 5.75 Å². The maximum Gasteiger partial charge on any atom is 0.269 e. The van der Waals surface area contributed by atoms with Gasteiger partial charge in [-0.1, -0.05) is 23.7 Å². The Morgan fingerprint density at radius 3 is 2.32 bits per heavy atom. The quantitative estimate of drug-likeness (QED) is 0.477. The fourth-order valence-corrected chi connectivity index (χ4v) is 3.40. The van der Waals surface area contributed by atoms with Gasteiger partial charge in [-0.15, -0.1) is 8.80 Å². The van der Waals surface area contributed by atoms with Gasteiger partial charge in [0.05, 0.1) is 16.9 Å². The van der Waals surface area contributed by atoms with E-state index in [4.69, 9.17) is 7.85 Å². The third kappa shape index (κ3) is 4.10. The molecule has 0 saturated carbocycles. The molecule has 1 atom stereocenters. The number of hydrogen-bond donors (Lipinski definition) is 3. The summed E-state index contributed by atoms with van der Waals surface area (Å²) in [5.41, 5.74) is 0.976. The number of phenolic OH excluding ortho intramolecular Hbond substituents is 1. The first-order chi connectivity index (χ1) is 13.3. The molecular weight excluding hydrogens is 445 g/mol. The van der Waals surface area contributed by atoms with Gasteiger partial charge in [-0.3, -0.25) is 4.79 Å². The zero-order valence-corrected chi connectivity index (χ0v) is 17.3. The van der Waals surface area contributed by atoms with E-state index in [9.17, 15) is 14.1 Å². The molecule has 3 N–H and O–H groups in total. The van der Waals surface area contributed by atoms with Crippen molar-refractivity contribution < 1.29 is 14.1 Å². The molecule has 0 aliphatic carbocycles. The largest absolute Gasteiger partial charge is 0.505 e. The van der Waals surface area contributed by atoms with Gasteiger partial charge in [-0.25, -0.2) is 4.21 Å². The van der Waals surface area contributed by atoms with Crippen LogP contribution in [0.4, 0.5) is 11.4 Å². The monoisotopic (exact) mass is 459 g/mol. The van der Waals surface area contributed by atoms with Gasteiger partial charge < -0.3 is 20.6 Å². The lowest BCUT2D eigenvalue weighted by Gasteiger charge is -2.17. The van der Waals surface area contributed by atoms with Crippen LogP contribution in [0.2, 0.25) is 0 Å². The molecular formula is C17H15BBrN5O3S. The number of nitrogens with one attached hydrogen (secondary N) is 2. The van der Waals surface area contributed by atoms with Gasteiger partial charge in [0.15, 0.2) is 17.4 Å². The number of aromatic hydroxyl groups is 1. The van der Waals surface area contributed by atoms with E-state index in [1.807, 2.05) is 18.2 Å². The highest BCUT2D eigenvalue weighted by atomic mass is 79.9. The molecule has 1 aliphatic heterocycles. The summed E-state index contributed by atoms with van der Waals surface area (Å²) in [6.45, 7) is 0. The Labute approximate surface area is 174 Å². The van der Waals surface area contributed by atoms with E-state index in [0.717, 1.165) is 4.47 Å². The Balaban J connectivity index is 1.91. The average molecular weight is 460 g/mol. The zero-order valence-electron chi connectivity index (χ0n) is 14.9. The maximum atomic E-state index is 12.3. The normalized spacial score (nSPS) is 15.6. The molecule has 1 unspecified atom stereocenters. The fourth-order valence-electron chi connectivity index (χ4n) is 2.40. The van der Waals surface area contributed by atoms with E-state index in [2.05, 4.69) is 35.4 Å². The Hall–Kier alpha value is -2.66. The number of amidine groups is 2. The lowest BCUT2D eigenvalue weighted by Crippen LogP contribution is -2.30. The van der Waals surface area contributed by atoms with Crippen LogP contribution in [-0.2, 0) is 11.2 Å².